The second-order valence-electron chi connectivity index (χ2n) is 6.45. The smallest absolute Gasteiger partial charge is 0.357 e. The van der Waals surface area contributed by atoms with Crippen LogP contribution in [0.5, 0.6) is 0 Å². The fourth-order valence-corrected chi connectivity index (χ4v) is 5.55. The summed E-state index contributed by atoms with van der Waals surface area (Å²) in [4.78, 5) is 2.44. The second kappa shape index (κ2) is 6.66. The van der Waals surface area contributed by atoms with E-state index in [-0.39, 0.29) is 33.6 Å². The van der Waals surface area contributed by atoms with Gasteiger partial charge in [0, 0.05) is 23.1 Å². The summed E-state index contributed by atoms with van der Waals surface area (Å²) in [6.45, 7) is -0.304. The molecule has 0 saturated carbocycles. The van der Waals surface area contributed by atoms with Gasteiger partial charge in [-0.05, 0) is 36.2 Å². The highest BCUT2D eigenvalue weighted by molar-refractivity contribution is 7.89. The van der Waals surface area contributed by atoms with Crippen molar-refractivity contribution in [2.24, 2.45) is 0 Å². The van der Waals surface area contributed by atoms with Crippen molar-refractivity contribution in [3.8, 4) is 0 Å². The molecule has 1 aliphatic rings. The lowest BCUT2D eigenvalue weighted by Gasteiger charge is -2.35. The molecular formula is C18H13Cl2F3N2O2S. The number of aromatic amines is 1. The third-order valence-electron chi connectivity index (χ3n) is 4.80. The monoisotopic (exact) mass is 448 g/mol. The Morgan fingerprint density at radius 2 is 1.79 bits per heavy atom. The molecule has 1 atom stereocenters. The van der Waals surface area contributed by atoms with Crippen LogP contribution in [0.15, 0.2) is 47.4 Å². The Labute approximate surface area is 168 Å². The number of H-pyrrole nitrogens is 1. The van der Waals surface area contributed by atoms with E-state index in [1.54, 1.807) is 24.3 Å². The van der Waals surface area contributed by atoms with E-state index in [2.05, 4.69) is 4.98 Å². The molecule has 28 heavy (non-hydrogen) atoms. The quantitative estimate of drug-likeness (QED) is 0.576. The minimum absolute atomic E-state index is 0.0467. The van der Waals surface area contributed by atoms with Gasteiger partial charge in [0.15, 0.2) is 6.04 Å². The molecule has 0 bridgehead atoms. The topological polar surface area (TPSA) is 53.2 Å². The van der Waals surface area contributed by atoms with Crippen molar-refractivity contribution in [3.05, 3.63) is 63.8 Å². The third kappa shape index (κ3) is 3.08. The summed E-state index contributed by atoms with van der Waals surface area (Å²) in [6, 6.07) is 7.97. The predicted molar refractivity (Wildman–Crippen MR) is 101 cm³/mol. The van der Waals surface area contributed by atoms with Gasteiger partial charge in [0.25, 0.3) is 0 Å². The van der Waals surface area contributed by atoms with Gasteiger partial charge < -0.3 is 4.98 Å². The molecule has 4 rings (SSSR count). The van der Waals surface area contributed by atoms with Crippen LogP contribution in [-0.2, 0) is 16.4 Å². The number of aromatic nitrogens is 1. The van der Waals surface area contributed by atoms with E-state index in [0.29, 0.717) is 20.8 Å². The van der Waals surface area contributed by atoms with Crippen LogP contribution in [0.2, 0.25) is 10.0 Å². The van der Waals surface area contributed by atoms with Crippen molar-refractivity contribution >= 4 is 44.1 Å². The van der Waals surface area contributed by atoms with Crippen LogP contribution in [0.25, 0.3) is 10.9 Å². The number of hydrogen-bond acceptors (Lipinski definition) is 2. The largest absolute Gasteiger partial charge is 0.410 e. The summed E-state index contributed by atoms with van der Waals surface area (Å²) in [5, 5.41) is 0.734. The molecule has 2 aromatic carbocycles. The first-order valence-corrected chi connectivity index (χ1v) is 10.4. The predicted octanol–water partition coefficient (Wildman–Crippen LogP) is 5.33. The summed E-state index contributed by atoms with van der Waals surface area (Å²) >= 11 is 11.7. The fraction of sp³-hybridized carbons (Fsp3) is 0.222. The standard InChI is InChI=1S/C18H13Cl2F3N2O2S/c19-13-6-5-10(9-14(13)20)28(26,27)25-8-7-12-11-3-1-2-4-15(11)24-16(12)17(25)18(21,22)23/h1-6,9,17,24H,7-8H2. The fourth-order valence-electron chi connectivity index (χ4n) is 3.58. The molecular weight excluding hydrogens is 436 g/mol. The summed E-state index contributed by atoms with van der Waals surface area (Å²) < 4.78 is 68.6. The molecule has 0 radical (unpaired) electrons. The molecule has 0 amide bonds. The summed E-state index contributed by atoms with van der Waals surface area (Å²) in [5.74, 6) is 0. The molecule has 0 saturated heterocycles. The normalized spacial score (nSPS) is 18.4. The number of benzene rings is 2. The number of nitrogens with one attached hydrogen (secondary N) is 1. The lowest BCUT2D eigenvalue weighted by atomic mass is 9.99. The second-order valence-corrected chi connectivity index (χ2v) is 9.15. The molecule has 0 fully saturated rings. The van der Waals surface area contributed by atoms with Crippen LogP contribution in [-0.4, -0.2) is 30.4 Å². The van der Waals surface area contributed by atoms with Crippen LogP contribution < -0.4 is 0 Å². The minimum atomic E-state index is -4.81. The van der Waals surface area contributed by atoms with Crippen LogP contribution in [0, 0.1) is 0 Å². The zero-order chi connectivity index (χ0) is 20.3. The van der Waals surface area contributed by atoms with Gasteiger partial charge in [-0.2, -0.15) is 17.5 Å². The third-order valence-corrected chi connectivity index (χ3v) is 7.40. The Morgan fingerprint density at radius 3 is 2.46 bits per heavy atom. The van der Waals surface area contributed by atoms with Gasteiger partial charge in [-0.1, -0.05) is 41.4 Å². The van der Waals surface area contributed by atoms with E-state index in [9.17, 15) is 21.6 Å². The van der Waals surface area contributed by atoms with Gasteiger partial charge in [-0.25, -0.2) is 8.42 Å². The lowest BCUT2D eigenvalue weighted by molar-refractivity contribution is -0.176. The Morgan fingerprint density at radius 1 is 1.07 bits per heavy atom. The summed E-state index contributed by atoms with van der Waals surface area (Å²) in [7, 11) is -4.46. The van der Waals surface area contributed by atoms with Crippen LogP contribution in [0.3, 0.4) is 0 Å². The van der Waals surface area contributed by atoms with Crippen molar-refractivity contribution < 1.29 is 21.6 Å². The van der Waals surface area contributed by atoms with Gasteiger partial charge in [0.2, 0.25) is 10.0 Å². The number of halogens is 5. The number of rotatable bonds is 2. The van der Waals surface area contributed by atoms with Crippen molar-refractivity contribution in [2.45, 2.75) is 23.5 Å². The number of alkyl halides is 3. The summed E-state index contributed by atoms with van der Waals surface area (Å²) in [5.41, 5.74) is 0.873. The van der Waals surface area contributed by atoms with Crippen LogP contribution >= 0.6 is 23.2 Å². The van der Waals surface area contributed by atoms with Crippen LogP contribution in [0.1, 0.15) is 17.3 Å². The molecule has 2 heterocycles. The highest BCUT2D eigenvalue weighted by Gasteiger charge is 2.52. The molecule has 4 nitrogen and oxygen atoms in total. The molecule has 3 aromatic rings. The zero-order valence-corrected chi connectivity index (χ0v) is 16.4. The van der Waals surface area contributed by atoms with Gasteiger partial charge >= 0.3 is 6.18 Å². The maximum absolute atomic E-state index is 14.0. The van der Waals surface area contributed by atoms with Crippen molar-refractivity contribution in [1.29, 1.82) is 0 Å². The highest BCUT2D eigenvalue weighted by Crippen LogP contribution is 2.46. The van der Waals surface area contributed by atoms with Gasteiger partial charge in [-0.3, -0.25) is 0 Å². The Hall–Kier alpha value is -1.74. The minimum Gasteiger partial charge on any atom is -0.357 e. The Bertz CT molecular complexity index is 1180. The number of fused-ring (bicyclic) bond motifs is 3. The van der Waals surface area contributed by atoms with Crippen molar-refractivity contribution in [1.82, 2.24) is 9.29 Å². The first-order valence-electron chi connectivity index (χ1n) is 8.24. The van der Waals surface area contributed by atoms with Gasteiger partial charge in [0.1, 0.15) is 0 Å². The van der Waals surface area contributed by atoms with Crippen LogP contribution in [0.4, 0.5) is 13.2 Å². The van der Waals surface area contributed by atoms with Crippen molar-refractivity contribution in [3.63, 3.8) is 0 Å². The molecule has 10 heteroatoms. The number of sulfonamides is 1. The first-order chi connectivity index (χ1) is 13.1. The molecule has 0 aliphatic carbocycles. The van der Waals surface area contributed by atoms with Crippen molar-refractivity contribution in [2.75, 3.05) is 6.54 Å². The Kier molecular flexibility index (Phi) is 4.65. The number of hydrogen-bond donors (Lipinski definition) is 1. The average Bonchev–Trinajstić information content (AvgIpc) is 3.00. The van der Waals surface area contributed by atoms with Gasteiger partial charge in [0.05, 0.1) is 14.9 Å². The summed E-state index contributed by atoms with van der Waals surface area (Å²) in [6.07, 6.45) is -4.65. The molecule has 1 aliphatic heterocycles. The van der Waals surface area contributed by atoms with E-state index in [0.717, 1.165) is 12.1 Å². The maximum Gasteiger partial charge on any atom is 0.410 e. The SMILES string of the molecule is O=S(=O)(c1ccc(Cl)c(Cl)c1)N1CCc2c([nH]c3ccccc23)C1C(F)(F)F. The molecule has 1 unspecified atom stereocenters. The van der Waals surface area contributed by atoms with E-state index in [4.69, 9.17) is 23.2 Å². The maximum atomic E-state index is 14.0. The highest BCUT2D eigenvalue weighted by atomic mass is 35.5. The lowest BCUT2D eigenvalue weighted by Crippen LogP contribution is -2.46. The molecule has 1 N–H and O–H groups in total. The van der Waals surface area contributed by atoms with E-state index >= 15 is 0 Å². The van der Waals surface area contributed by atoms with E-state index in [1.807, 2.05) is 0 Å². The van der Waals surface area contributed by atoms with Gasteiger partial charge in [-0.15, -0.1) is 0 Å². The molecule has 0 spiro atoms. The molecule has 148 valence electrons. The molecule has 1 aromatic heterocycles. The number of para-hydroxylation sites is 1. The van der Waals surface area contributed by atoms with E-state index in [1.165, 1.54) is 6.07 Å². The first kappa shape index (κ1) is 19.6. The Balaban J connectivity index is 1.88. The average molecular weight is 449 g/mol. The number of nitrogens with zero attached hydrogens (tertiary/aromatic N) is 1. The zero-order valence-electron chi connectivity index (χ0n) is 14.1. The van der Waals surface area contributed by atoms with E-state index < -0.39 is 22.2 Å².